The van der Waals surface area contributed by atoms with Crippen molar-refractivity contribution in [3.63, 3.8) is 0 Å². The largest absolute Gasteiger partial charge is 0.356 e. The van der Waals surface area contributed by atoms with Gasteiger partial charge in [-0.05, 0) is 99.2 Å². The van der Waals surface area contributed by atoms with Gasteiger partial charge < -0.3 is 5.32 Å². The van der Waals surface area contributed by atoms with E-state index in [-0.39, 0.29) is 11.3 Å². The molecule has 2 aromatic carbocycles. The van der Waals surface area contributed by atoms with Crippen molar-refractivity contribution in [2.45, 2.75) is 59.4 Å². The number of carbonyl (C=O) groups is 1. The van der Waals surface area contributed by atoms with Crippen LogP contribution in [0, 0.1) is 32.1 Å². The Labute approximate surface area is 181 Å². The highest BCUT2D eigenvalue weighted by molar-refractivity contribution is 5.82. The predicted octanol–water partition coefficient (Wildman–Crippen LogP) is 4.96. The van der Waals surface area contributed by atoms with Gasteiger partial charge in [-0.15, -0.1) is 0 Å². The summed E-state index contributed by atoms with van der Waals surface area (Å²) in [6.45, 7) is 10.7. The van der Waals surface area contributed by atoms with Gasteiger partial charge in [-0.1, -0.05) is 42.5 Å². The third kappa shape index (κ3) is 4.78. The van der Waals surface area contributed by atoms with Crippen LogP contribution in [-0.4, -0.2) is 30.4 Å². The summed E-state index contributed by atoms with van der Waals surface area (Å²) >= 11 is 0. The molecule has 1 saturated carbocycles. The van der Waals surface area contributed by atoms with Crippen LogP contribution in [0.15, 0.2) is 42.5 Å². The minimum atomic E-state index is 0.250. The molecule has 3 heteroatoms. The Bertz CT molecular complexity index is 881. The molecular formula is C27H36N2O. The van der Waals surface area contributed by atoms with Crippen molar-refractivity contribution in [3.8, 4) is 0 Å². The van der Waals surface area contributed by atoms with Gasteiger partial charge in [0.15, 0.2) is 0 Å². The monoisotopic (exact) mass is 404 g/mol. The molecule has 1 amide bonds. The first kappa shape index (κ1) is 21.1. The second kappa shape index (κ2) is 8.93. The topological polar surface area (TPSA) is 32.3 Å². The lowest BCUT2D eigenvalue weighted by Gasteiger charge is -2.33. The summed E-state index contributed by atoms with van der Waals surface area (Å²) in [5.41, 5.74) is 7.26. The molecule has 1 saturated heterocycles. The quantitative estimate of drug-likeness (QED) is 0.661. The Kier molecular flexibility index (Phi) is 6.29. The molecule has 30 heavy (non-hydrogen) atoms. The first-order valence-electron chi connectivity index (χ1n) is 11.6. The highest BCUT2D eigenvalue weighted by atomic mass is 16.2. The molecule has 0 bridgehead atoms. The van der Waals surface area contributed by atoms with E-state index >= 15 is 0 Å². The lowest BCUT2D eigenvalue weighted by Crippen LogP contribution is -2.37. The number of benzene rings is 2. The van der Waals surface area contributed by atoms with E-state index < -0.39 is 0 Å². The number of nitrogens with zero attached hydrogens (tertiary/aromatic N) is 1. The van der Waals surface area contributed by atoms with Crippen molar-refractivity contribution >= 4 is 5.91 Å². The fourth-order valence-electron chi connectivity index (χ4n) is 5.13. The average molecular weight is 405 g/mol. The highest BCUT2D eigenvalue weighted by Crippen LogP contribution is 2.59. The molecule has 4 rings (SSSR count). The smallest absolute Gasteiger partial charge is 0.223 e. The fourth-order valence-corrected chi connectivity index (χ4v) is 5.13. The van der Waals surface area contributed by atoms with Crippen molar-refractivity contribution < 1.29 is 4.79 Å². The molecule has 0 aromatic heterocycles. The van der Waals surface area contributed by atoms with Gasteiger partial charge in [-0.2, -0.15) is 0 Å². The van der Waals surface area contributed by atoms with Crippen LogP contribution in [0.25, 0.3) is 0 Å². The van der Waals surface area contributed by atoms with Crippen molar-refractivity contribution in [1.82, 2.24) is 10.2 Å². The summed E-state index contributed by atoms with van der Waals surface area (Å²) in [7, 11) is 0. The average Bonchev–Trinajstić information content (AvgIpc) is 3.45. The molecule has 2 aromatic rings. The lowest BCUT2D eigenvalue weighted by molar-refractivity contribution is -0.123. The van der Waals surface area contributed by atoms with Gasteiger partial charge in [0.1, 0.15) is 0 Å². The Morgan fingerprint density at radius 2 is 1.73 bits per heavy atom. The van der Waals surface area contributed by atoms with Gasteiger partial charge in [0, 0.05) is 19.0 Å². The van der Waals surface area contributed by atoms with Gasteiger partial charge in [0.2, 0.25) is 5.91 Å². The number of hydrogen-bond acceptors (Lipinski definition) is 2. The number of carbonyl (C=O) groups excluding carboxylic acids is 1. The van der Waals surface area contributed by atoms with E-state index in [2.05, 4.69) is 67.4 Å². The van der Waals surface area contributed by atoms with Crippen LogP contribution in [0.4, 0.5) is 0 Å². The van der Waals surface area contributed by atoms with Crippen LogP contribution in [0.2, 0.25) is 0 Å². The maximum Gasteiger partial charge on any atom is 0.223 e. The van der Waals surface area contributed by atoms with Crippen LogP contribution in [0.5, 0.6) is 0 Å². The number of likely N-dealkylation sites (tertiary alicyclic amines) is 1. The molecule has 1 aliphatic heterocycles. The molecule has 2 aliphatic rings. The number of nitrogens with one attached hydrogen (secondary N) is 1. The van der Waals surface area contributed by atoms with E-state index in [1.54, 1.807) is 0 Å². The molecule has 3 nitrogen and oxygen atoms in total. The van der Waals surface area contributed by atoms with E-state index in [1.807, 2.05) is 6.07 Å². The Morgan fingerprint density at radius 1 is 1.03 bits per heavy atom. The Balaban J connectivity index is 1.20. The van der Waals surface area contributed by atoms with E-state index in [4.69, 9.17) is 0 Å². The van der Waals surface area contributed by atoms with Crippen LogP contribution in [-0.2, 0) is 17.8 Å². The molecule has 160 valence electrons. The van der Waals surface area contributed by atoms with E-state index in [9.17, 15) is 4.79 Å². The number of amides is 1. The maximum absolute atomic E-state index is 12.7. The van der Waals surface area contributed by atoms with E-state index in [1.165, 1.54) is 40.7 Å². The molecule has 1 N–H and O–H groups in total. The second-order valence-electron chi connectivity index (χ2n) is 9.64. The van der Waals surface area contributed by atoms with Gasteiger partial charge in [-0.25, -0.2) is 0 Å². The second-order valence-corrected chi connectivity index (χ2v) is 9.64. The molecule has 1 unspecified atom stereocenters. The minimum absolute atomic E-state index is 0.250. The van der Waals surface area contributed by atoms with Gasteiger partial charge in [0.05, 0.1) is 0 Å². The number of piperidine rings is 1. The molecule has 2 fully saturated rings. The fraction of sp³-hybridized carbons (Fsp3) is 0.519. The van der Waals surface area contributed by atoms with Crippen molar-refractivity contribution in [3.05, 3.63) is 70.3 Å². The number of hydrogen-bond donors (Lipinski definition) is 1. The van der Waals surface area contributed by atoms with Gasteiger partial charge in [0.25, 0.3) is 0 Å². The first-order valence-corrected chi connectivity index (χ1v) is 11.6. The predicted molar refractivity (Wildman–Crippen MR) is 123 cm³/mol. The summed E-state index contributed by atoms with van der Waals surface area (Å²) in [4.78, 5) is 15.2. The molecule has 1 heterocycles. The highest BCUT2D eigenvalue weighted by Gasteiger charge is 2.58. The van der Waals surface area contributed by atoms with Crippen molar-refractivity contribution in [2.24, 2.45) is 11.3 Å². The Hall–Kier alpha value is -2.13. The molecule has 0 radical (unpaired) electrons. The van der Waals surface area contributed by atoms with Gasteiger partial charge >= 0.3 is 0 Å². The summed E-state index contributed by atoms with van der Waals surface area (Å²) in [5.74, 6) is 0.543. The molecular weight excluding hydrogens is 368 g/mol. The van der Waals surface area contributed by atoms with Crippen LogP contribution < -0.4 is 5.32 Å². The molecule has 1 atom stereocenters. The first-order chi connectivity index (χ1) is 14.5. The number of aryl methyl sites for hydroxylation is 4. The van der Waals surface area contributed by atoms with Crippen LogP contribution in [0.1, 0.15) is 53.5 Å². The SMILES string of the molecule is Cc1cc(C)c(CN2CCC3(CC2)CC3C(=O)NCCCc2ccccc2)cc1C. The normalized spacial score (nSPS) is 20.3. The van der Waals surface area contributed by atoms with Crippen molar-refractivity contribution in [2.75, 3.05) is 19.6 Å². The van der Waals surface area contributed by atoms with E-state index in [0.29, 0.717) is 5.91 Å². The van der Waals surface area contributed by atoms with Crippen LogP contribution >= 0.6 is 0 Å². The Morgan fingerprint density at radius 3 is 2.47 bits per heavy atom. The standard InChI is InChI=1S/C27H36N2O/c1-20-16-22(3)24(17-21(20)2)19-29-14-11-27(12-15-29)18-25(27)26(30)28-13-7-10-23-8-5-4-6-9-23/h4-6,8-9,16-17,25H,7,10-15,18-19H2,1-3H3,(H,28,30). The molecule has 1 spiro atoms. The summed E-state index contributed by atoms with van der Waals surface area (Å²) < 4.78 is 0. The van der Waals surface area contributed by atoms with Crippen LogP contribution in [0.3, 0.4) is 0 Å². The van der Waals surface area contributed by atoms with Crippen molar-refractivity contribution in [1.29, 1.82) is 0 Å². The third-order valence-corrected chi connectivity index (χ3v) is 7.49. The zero-order chi connectivity index (χ0) is 21.1. The zero-order valence-corrected chi connectivity index (χ0v) is 18.8. The lowest BCUT2D eigenvalue weighted by atomic mass is 9.90. The number of rotatable bonds is 7. The third-order valence-electron chi connectivity index (χ3n) is 7.49. The van der Waals surface area contributed by atoms with Gasteiger partial charge in [-0.3, -0.25) is 9.69 Å². The summed E-state index contributed by atoms with van der Waals surface area (Å²) in [5, 5.41) is 3.20. The summed E-state index contributed by atoms with van der Waals surface area (Å²) in [6, 6.07) is 15.2. The zero-order valence-electron chi connectivity index (χ0n) is 18.8. The van der Waals surface area contributed by atoms with E-state index in [0.717, 1.165) is 45.4 Å². The molecule has 1 aliphatic carbocycles. The minimum Gasteiger partial charge on any atom is -0.356 e. The maximum atomic E-state index is 12.7. The summed E-state index contributed by atoms with van der Waals surface area (Å²) in [6.07, 6.45) is 5.47.